The molecule has 1 aliphatic rings. The van der Waals surface area contributed by atoms with Crippen LogP contribution in [0.2, 0.25) is 0 Å². The lowest BCUT2D eigenvalue weighted by Gasteiger charge is -2.12. The zero-order valence-electron chi connectivity index (χ0n) is 19.7. The van der Waals surface area contributed by atoms with Crippen LogP contribution in [0.1, 0.15) is 42.9 Å². The number of aromatic nitrogens is 3. The zero-order valence-corrected chi connectivity index (χ0v) is 19.7. The Morgan fingerprint density at radius 3 is 2.62 bits per heavy atom. The standard InChI is InChI=1S/C26H30N6O2/c1-17(26(34)29-24-16-23(30-31-24)19-6-7-19)20-12-13-27-22(15-20)18-8-10-21(11-9-18)28-25(33)5-4-14-32(2)3/h4-5,8-13,15-17,19H,6-7,14H2,1-3H3,(H,28,33)(H2,29,30,31,34)/b5-4+. The summed E-state index contributed by atoms with van der Waals surface area (Å²) in [4.78, 5) is 31.2. The lowest BCUT2D eigenvalue weighted by molar-refractivity contribution is -0.117. The molecule has 0 bridgehead atoms. The van der Waals surface area contributed by atoms with E-state index in [1.807, 2.05) is 74.5 Å². The molecule has 8 heteroatoms. The number of aromatic amines is 1. The van der Waals surface area contributed by atoms with E-state index in [0.29, 0.717) is 24.0 Å². The fourth-order valence-electron chi connectivity index (χ4n) is 3.54. The number of hydrogen-bond acceptors (Lipinski definition) is 5. The molecule has 2 heterocycles. The smallest absolute Gasteiger partial charge is 0.248 e. The Morgan fingerprint density at radius 2 is 1.91 bits per heavy atom. The van der Waals surface area contributed by atoms with Crippen molar-refractivity contribution in [2.24, 2.45) is 0 Å². The summed E-state index contributed by atoms with van der Waals surface area (Å²) in [7, 11) is 3.89. The van der Waals surface area contributed by atoms with Gasteiger partial charge in [0.25, 0.3) is 0 Å². The normalized spacial score (nSPS) is 14.4. The Labute approximate surface area is 199 Å². The van der Waals surface area contributed by atoms with Crippen LogP contribution < -0.4 is 10.6 Å². The number of H-pyrrole nitrogens is 1. The van der Waals surface area contributed by atoms with E-state index in [-0.39, 0.29) is 17.7 Å². The van der Waals surface area contributed by atoms with Crippen LogP contribution in [0.25, 0.3) is 11.3 Å². The Kier molecular flexibility index (Phi) is 7.18. The first-order valence-corrected chi connectivity index (χ1v) is 11.4. The van der Waals surface area contributed by atoms with Crippen molar-refractivity contribution in [2.45, 2.75) is 31.6 Å². The molecule has 0 aliphatic heterocycles. The van der Waals surface area contributed by atoms with Gasteiger partial charge in [-0.15, -0.1) is 0 Å². The molecule has 0 saturated heterocycles. The van der Waals surface area contributed by atoms with E-state index >= 15 is 0 Å². The van der Waals surface area contributed by atoms with E-state index in [4.69, 9.17) is 0 Å². The molecule has 3 aromatic rings. The first kappa shape index (κ1) is 23.4. The van der Waals surface area contributed by atoms with Gasteiger partial charge in [-0.2, -0.15) is 5.10 Å². The van der Waals surface area contributed by atoms with Crippen LogP contribution in [-0.2, 0) is 9.59 Å². The molecule has 1 unspecified atom stereocenters. The lowest BCUT2D eigenvalue weighted by Crippen LogP contribution is -2.19. The fraction of sp³-hybridized carbons (Fsp3) is 0.308. The molecule has 4 rings (SSSR count). The molecule has 2 aromatic heterocycles. The number of carbonyl (C=O) groups is 2. The number of amides is 2. The van der Waals surface area contributed by atoms with Crippen molar-refractivity contribution >= 4 is 23.3 Å². The number of benzene rings is 1. The molecule has 3 N–H and O–H groups in total. The molecule has 176 valence electrons. The van der Waals surface area contributed by atoms with Gasteiger partial charge in [0.1, 0.15) is 0 Å². The van der Waals surface area contributed by atoms with Crippen LogP contribution in [0.5, 0.6) is 0 Å². The summed E-state index contributed by atoms with van der Waals surface area (Å²) in [5.41, 5.74) is 4.31. The predicted octanol–water partition coefficient (Wildman–Crippen LogP) is 4.15. The highest BCUT2D eigenvalue weighted by Gasteiger charge is 2.26. The van der Waals surface area contributed by atoms with Crippen LogP contribution in [-0.4, -0.2) is 52.5 Å². The quantitative estimate of drug-likeness (QED) is 0.418. The molecule has 1 atom stereocenters. The Hall–Kier alpha value is -3.78. The number of nitrogens with one attached hydrogen (secondary N) is 3. The second-order valence-electron chi connectivity index (χ2n) is 8.90. The second kappa shape index (κ2) is 10.4. The Bertz CT molecular complexity index is 1180. The monoisotopic (exact) mass is 458 g/mol. The van der Waals surface area contributed by atoms with Crippen molar-refractivity contribution in [2.75, 3.05) is 31.3 Å². The van der Waals surface area contributed by atoms with Gasteiger partial charge in [0.15, 0.2) is 5.82 Å². The van der Waals surface area contributed by atoms with Gasteiger partial charge in [0, 0.05) is 47.7 Å². The molecule has 8 nitrogen and oxygen atoms in total. The first-order chi connectivity index (χ1) is 16.4. The summed E-state index contributed by atoms with van der Waals surface area (Å²) in [5.74, 6) is 0.456. The fourth-order valence-corrected chi connectivity index (χ4v) is 3.54. The third-order valence-corrected chi connectivity index (χ3v) is 5.73. The highest BCUT2D eigenvalue weighted by atomic mass is 16.2. The van der Waals surface area contributed by atoms with Crippen molar-refractivity contribution < 1.29 is 9.59 Å². The summed E-state index contributed by atoms with van der Waals surface area (Å²) < 4.78 is 0. The second-order valence-corrected chi connectivity index (χ2v) is 8.90. The summed E-state index contributed by atoms with van der Waals surface area (Å²) in [6, 6.07) is 13.2. The summed E-state index contributed by atoms with van der Waals surface area (Å²) >= 11 is 0. The lowest BCUT2D eigenvalue weighted by atomic mass is 9.99. The highest BCUT2D eigenvalue weighted by molar-refractivity contribution is 5.99. The number of rotatable bonds is 9. The molecular weight excluding hydrogens is 428 g/mol. The van der Waals surface area contributed by atoms with E-state index in [1.54, 1.807) is 6.20 Å². The predicted molar refractivity (Wildman–Crippen MR) is 134 cm³/mol. The van der Waals surface area contributed by atoms with Crippen LogP contribution in [0.15, 0.2) is 60.8 Å². The van der Waals surface area contributed by atoms with Crippen molar-refractivity contribution in [3.8, 4) is 11.3 Å². The van der Waals surface area contributed by atoms with Gasteiger partial charge >= 0.3 is 0 Å². The molecule has 1 saturated carbocycles. The largest absolute Gasteiger partial charge is 0.323 e. The van der Waals surface area contributed by atoms with Crippen LogP contribution in [0.3, 0.4) is 0 Å². The maximum absolute atomic E-state index is 12.8. The summed E-state index contributed by atoms with van der Waals surface area (Å²) in [5, 5.41) is 13.0. The van der Waals surface area contributed by atoms with E-state index in [2.05, 4.69) is 25.8 Å². The number of pyridine rings is 1. The van der Waals surface area contributed by atoms with Gasteiger partial charge in [0.2, 0.25) is 11.8 Å². The number of carbonyl (C=O) groups excluding carboxylic acids is 2. The molecule has 0 spiro atoms. The van der Waals surface area contributed by atoms with Crippen molar-refractivity contribution in [3.05, 3.63) is 72.1 Å². The van der Waals surface area contributed by atoms with Crippen LogP contribution in [0.4, 0.5) is 11.5 Å². The van der Waals surface area contributed by atoms with Crippen LogP contribution in [0, 0.1) is 0 Å². The number of hydrogen-bond donors (Lipinski definition) is 3. The van der Waals surface area contributed by atoms with Gasteiger partial charge in [-0.05, 0) is 63.7 Å². The minimum absolute atomic E-state index is 0.119. The average molecular weight is 459 g/mol. The molecule has 1 fully saturated rings. The van der Waals surface area contributed by atoms with Crippen molar-refractivity contribution in [1.82, 2.24) is 20.1 Å². The van der Waals surface area contributed by atoms with Crippen molar-refractivity contribution in [1.29, 1.82) is 0 Å². The number of nitrogens with zero attached hydrogens (tertiary/aromatic N) is 3. The topological polar surface area (TPSA) is 103 Å². The van der Waals surface area contributed by atoms with E-state index in [1.165, 1.54) is 18.9 Å². The molecule has 2 amide bonds. The van der Waals surface area contributed by atoms with Gasteiger partial charge in [-0.1, -0.05) is 18.2 Å². The minimum Gasteiger partial charge on any atom is -0.323 e. The molecule has 0 radical (unpaired) electrons. The molecule has 1 aliphatic carbocycles. The Morgan fingerprint density at radius 1 is 1.15 bits per heavy atom. The SMILES string of the molecule is CC(C(=O)Nc1cc(C2CC2)[nH]n1)c1ccnc(-c2ccc(NC(=O)/C=C/CN(C)C)cc2)c1. The summed E-state index contributed by atoms with van der Waals surface area (Å²) in [6.45, 7) is 2.57. The third kappa shape index (κ3) is 6.17. The number of anilines is 2. The van der Waals surface area contributed by atoms with E-state index in [9.17, 15) is 9.59 Å². The van der Waals surface area contributed by atoms with Gasteiger partial charge in [-0.25, -0.2) is 0 Å². The maximum atomic E-state index is 12.8. The van der Waals surface area contributed by atoms with E-state index in [0.717, 1.165) is 22.5 Å². The van der Waals surface area contributed by atoms with E-state index < -0.39 is 0 Å². The third-order valence-electron chi connectivity index (χ3n) is 5.73. The summed E-state index contributed by atoms with van der Waals surface area (Å²) in [6.07, 6.45) is 7.40. The molecular formula is C26H30N6O2. The van der Waals surface area contributed by atoms with Gasteiger partial charge in [-0.3, -0.25) is 19.7 Å². The van der Waals surface area contributed by atoms with Gasteiger partial charge in [0.05, 0.1) is 11.6 Å². The maximum Gasteiger partial charge on any atom is 0.248 e. The Balaban J connectivity index is 1.38. The number of likely N-dealkylation sites (N-methyl/N-ethyl adjacent to an activating group) is 1. The van der Waals surface area contributed by atoms with Crippen molar-refractivity contribution in [3.63, 3.8) is 0 Å². The minimum atomic E-state index is -0.365. The highest BCUT2D eigenvalue weighted by Crippen LogP contribution is 2.39. The average Bonchev–Trinajstić information content (AvgIpc) is 3.57. The van der Waals surface area contributed by atoms with Crippen LogP contribution >= 0.6 is 0 Å². The first-order valence-electron chi connectivity index (χ1n) is 11.4. The molecule has 1 aromatic carbocycles. The molecule has 34 heavy (non-hydrogen) atoms. The zero-order chi connectivity index (χ0) is 24.1. The van der Waals surface area contributed by atoms with Gasteiger partial charge < -0.3 is 15.5 Å².